The lowest BCUT2D eigenvalue weighted by Crippen LogP contribution is -2.37. The third-order valence-electron chi connectivity index (χ3n) is 6.17. The van der Waals surface area contributed by atoms with Crippen molar-refractivity contribution in [1.29, 1.82) is 0 Å². The van der Waals surface area contributed by atoms with E-state index in [9.17, 15) is 18.0 Å². The molecule has 0 saturated heterocycles. The third kappa shape index (κ3) is 2.72. The minimum atomic E-state index is -3.69. The Morgan fingerprint density at radius 2 is 1.88 bits per heavy atom. The van der Waals surface area contributed by atoms with Gasteiger partial charge < -0.3 is 0 Å². The number of nitrogens with zero attached hydrogens (tertiary/aromatic N) is 2. The van der Waals surface area contributed by atoms with Gasteiger partial charge in [0.25, 0.3) is 5.56 Å². The van der Waals surface area contributed by atoms with Crippen molar-refractivity contribution in [1.82, 2.24) is 13.9 Å². The van der Waals surface area contributed by atoms with E-state index in [1.807, 2.05) is 0 Å². The maximum Gasteiger partial charge on any atom is 0.330 e. The zero-order valence-electron chi connectivity index (χ0n) is 14.9. The topological polar surface area (TPSA) is 90.2 Å². The Morgan fingerprint density at radius 1 is 1.12 bits per heavy atom. The SMILES string of the molecule is Cn1c(=O)c2cc(S(=O)(=O)NC[C@H]3C[C@@H]4CC[C@@H]3C4)ccc2n(C)c1=O. The minimum absolute atomic E-state index is 0.0592. The second-order valence-electron chi connectivity index (χ2n) is 7.67. The first-order valence-electron chi connectivity index (χ1n) is 8.97. The fourth-order valence-corrected chi connectivity index (χ4v) is 5.79. The summed E-state index contributed by atoms with van der Waals surface area (Å²) in [6.07, 6.45) is 4.82. The van der Waals surface area contributed by atoms with Crippen LogP contribution >= 0.6 is 0 Å². The highest BCUT2D eigenvalue weighted by Crippen LogP contribution is 2.48. The van der Waals surface area contributed by atoms with Crippen molar-refractivity contribution < 1.29 is 8.42 Å². The molecule has 8 heteroatoms. The summed E-state index contributed by atoms with van der Waals surface area (Å²) in [4.78, 5) is 24.4. The number of hydrogen-bond acceptors (Lipinski definition) is 4. The van der Waals surface area contributed by atoms with Gasteiger partial charge in [-0.2, -0.15) is 0 Å². The summed E-state index contributed by atoms with van der Waals surface area (Å²) in [5.74, 6) is 1.82. The lowest BCUT2D eigenvalue weighted by atomic mass is 9.89. The molecule has 2 aromatic rings. The van der Waals surface area contributed by atoms with Crippen molar-refractivity contribution >= 4 is 20.9 Å². The van der Waals surface area contributed by atoms with E-state index in [-0.39, 0.29) is 10.3 Å². The molecule has 0 radical (unpaired) electrons. The molecule has 2 aliphatic rings. The van der Waals surface area contributed by atoms with E-state index in [0.29, 0.717) is 23.9 Å². The van der Waals surface area contributed by atoms with Crippen molar-refractivity contribution in [3.8, 4) is 0 Å². The number of aryl methyl sites for hydroxylation is 1. The standard InChI is InChI=1S/C18H23N3O4S/c1-20-16-6-5-14(9-15(16)17(22)21(2)18(20)23)26(24,25)19-10-13-8-11-3-4-12(13)7-11/h5-6,9,11-13,19H,3-4,7-8,10H2,1-2H3/t11-,12-,13-/m1/s1. The zero-order chi connectivity index (χ0) is 18.6. The molecule has 2 fully saturated rings. The smallest absolute Gasteiger partial charge is 0.296 e. The van der Waals surface area contributed by atoms with Crippen molar-refractivity contribution in [3.05, 3.63) is 39.0 Å². The average Bonchev–Trinajstić information content (AvgIpc) is 3.25. The van der Waals surface area contributed by atoms with E-state index < -0.39 is 21.3 Å². The molecule has 140 valence electrons. The normalized spacial score (nSPS) is 25.2. The lowest BCUT2D eigenvalue weighted by Gasteiger charge is -2.21. The summed E-state index contributed by atoms with van der Waals surface area (Å²) in [5, 5.41) is 0.220. The van der Waals surface area contributed by atoms with Gasteiger partial charge >= 0.3 is 5.69 Å². The van der Waals surface area contributed by atoms with Gasteiger partial charge in [-0.05, 0) is 55.2 Å². The van der Waals surface area contributed by atoms with E-state index in [1.165, 1.54) is 49.1 Å². The predicted molar refractivity (Wildman–Crippen MR) is 98.6 cm³/mol. The monoisotopic (exact) mass is 377 g/mol. The Kier molecular flexibility index (Phi) is 4.07. The van der Waals surface area contributed by atoms with Crippen LogP contribution in [0.4, 0.5) is 0 Å². The molecular weight excluding hydrogens is 354 g/mol. The molecule has 7 nitrogen and oxygen atoms in total. The van der Waals surface area contributed by atoms with E-state index in [0.717, 1.165) is 16.9 Å². The van der Waals surface area contributed by atoms with Crippen LogP contribution in [0.25, 0.3) is 10.9 Å². The molecule has 3 atom stereocenters. The van der Waals surface area contributed by atoms with Crippen LogP contribution in [0.2, 0.25) is 0 Å². The Balaban J connectivity index is 1.65. The number of fused-ring (bicyclic) bond motifs is 3. The number of hydrogen-bond donors (Lipinski definition) is 1. The van der Waals surface area contributed by atoms with Crippen LogP contribution in [0, 0.1) is 17.8 Å². The summed E-state index contributed by atoms with van der Waals surface area (Å²) < 4.78 is 30.4. The fourth-order valence-electron chi connectivity index (χ4n) is 4.67. The summed E-state index contributed by atoms with van der Waals surface area (Å²) in [5.41, 5.74) is -0.508. The zero-order valence-corrected chi connectivity index (χ0v) is 15.8. The van der Waals surface area contributed by atoms with E-state index in [4.69, 9.17) is 0 Å². The van der Waals surface area contributed by atoms with Crippen molar-refractivity contribution in [2.45, 2.75) is 30.6 Å². The number of sulfonamides is 1. The van der Waals surface area contributed by atoms with Crippen LogP contribution in [0.3, 0.4) is 0 Å². The molecule has 1 N–H and O–H groups in total. The van der Waals surface area contributed by atoms with Gasteiger partial charge in [0.15, 0.2) is 0 Å². The molecule has 4 rings (SSSR count). The second-order valence-corrected chi connectivity index (χ2v) is 9.44. The van der Waals surface area contributed by atoms with Gasteiger partial charge in [-0.1, -0.05) is 6.42 Å². The lowest BCUT2D eigenvalue weighted by molar-refractivity contribution is 0.333. The highest BCUT2D eigenvalue weighted by molar-refractivity contribution is 7.89. The van der Waals surface area contributed by atoms with Gasteiger partial charge in [-0.25, -0.2) is 17.9 Å². The van der Waals surface area contributed by atoms with Gasteiger partial charge in [-0.3, -0.25) is 13.9 Å². The van der Waals surface area contributed by atoms with E-state index in [1.54, 1.807) is 7.05 Å². The molecule has 0 spiro atoms. The Bertz CT molecular complexity index is 1100. The van der Waals surface area contributed by atoms with Crippen molar-refractivity contribution in [2.75, 3.05) is 6.54 Å². The van der Waals surface area contributed by atoms with Crippen molar-refractivity contribution in [3.63, 3.8) is 0 Å². The highest BCUT2D eigenvalue weighted by Gasteiger charge is 2.39. The molecule has 26 heavy (non-hydrogen) atoms. The highest BCUT2D eigenvalue weighted by atomic mass is 32.2. The third-order valence-corrected chi connectivity index (χ3v) is 7.59. The predicted octanol–water partition coefficient (Wildman–Crippen LogP) is 0.952. The number of rotatable bonds is 4. The first-order chi connectivity index (χ1) is 12.3. The molecule has 0 aliphatic heterocycles. The molecule has 0 unspecified atom stereocenters. The summed E-state index contributed by atoms with van der Waals surface area (Å²) in [6.45, 7) is 0.451. The van der Waals surface area contributed by atoms with E-state index >= 15 is 0 Å². The van der Waals surface area contributed by atoms with Gasteiger partial charge in [0.1, 0.15) is 0 Å². The number of nitrogens with one attached hydrogen (secondary N) is 1. The Labute approximate surface area is 151 Å². The summed E-state index contributed by atoms with van der Waals surface area (Å²) >= 11 is 0. The van der Waals surface area contributed by atoms with Crippen molar-refractivity contribution in [2.24, 2.45) is 31.8 Å². The molecule has 1 aromatic carbocycles. The molecule has 1 heterocycles. The number of benzene rings is 1. The van der Waals surface area contributed by atoms with Crippen LogP contribution in [-0.4, -0.2) is 24.1 Å². The quantitative estimate of drug-likeness (QED) is 0.859. The van der Waals surface area contributed by atoms with E-state index in [2.05, 4.69) is 4.72 Å². The van der Waals surface area contributed by atoms with Gasteiger partial charge in [0.2, 0.25) is 10.0 Å². The first-order valence-corrected chi connectivity index (χ1v) is 10.5. The van der Waals surface area contributed by atoms with Crippen LogP contribution in [0.15, 0.2) is 32.7 Å². The minimum Gasteiger partial charge on any atom is -0.296 e. The number of aromatic nitrogens is 2. The van der Waals surface area contributed by atoms with Gasteiger partial charge in [0.05, 0.1) is 15.8 Å². The van der Waals surface area contributed by atoms with Crippen LogP contribution < -0.4 is 16.0 Å². The largest absolute Gasteiger partial charge is 0.330 e. The Morgan fingerprint density at radius 3 is 2.54 bits per heavy atom. The molecule has 1 aromatic heterocycles. The fraction of sp³-hybridized carbons (Fsp3) is 0.556. The average molecular weight is 377 g/mol. The van der Waals surface area contributed by atoms with Crippen LogP contribution in [-0.2, 0) is 24.1 Å². The van der Waals surface area contributed by atoms with Gasteiger partial charge in [-0.15, -0.1) is 0 Å². The molecular formula is C18H23N3O4S. The van der Waals surface area contributed by atoms with Crippen LogP contribution in [0.5, 0.6) is 0 Å². The maximum atomic E-state index is 12.7. The summed E-state index contributed by atoms with van der Waals surface area (Å²) in [7, 11) is -0.745. The molecule has 2 bridgehead atoms. The molecule has 2 saturated carbocycles. The molecule has 0 amide bonds. The molecule has 2 aliphatic carbocycles. The van der Waals surface area contributed by atoms with Gasteiger partial charge in [0, 0.05) is 20.6 Å². The second kappa shape index (κ2) is 6.06. The Hall–Kier alpha value is -1.93. The van der Waals surface area contributed by atoms with Crippen LogP contribution in [0.1, 0.15) is 25.7 Å². The summed E-state index contributed by atoms with van der Waals surface area (Å²) in [6, 6.07) is 4.33. The first kappa shape index (κ1) is 17.5. The maximum absolute atomic E-state index is 12.7.